The molecular formula is C23H30N2O5. The number of hydrogen-bond donors (Lipinski definition) is 1. The monoisotopic (exact) mass is 414 g/mol. The van der Waals surface area contributed by atoms with Crippen molar-refractivity contribution in [1.29, 1.82) is 0 Å². The molecule has 0 heterocycles. The summed E-state index contributed by atoms with van der Waals surface area (Å²) in [6.07, 6.45) is 0. The molecule has 0 radical (unpaired) electrons. The highest BCUT2D eigenvalue weighted by atomic mass is 16.5. The maximum absolute atomic E-state index is 13.0. The highest BCUT2D eigenvalue weighted by molar-refractivity contribution is 5.95. The van der Waals surface area contributed by atoms with Gasteiger partial charge < -0.3 is 24.4 Å². The molecular weight excluding hydrogens is 384 g/mol. The van der Waals surface area contributed by atoms with Crippen molar-refractivity contribution in [1.82, 2.24) is 10.2 Å². The maximum Gasteiger partial charge on any atom is 0.258 e. The third kappa shape index (κ3) is 6.40. The van der Waals surface area contributed by atoms with E-state index in [0.717, 1.165) is 11.3 Å². The second kappa shape index (κ2) is 11.1. The largest absolute Gasteiger partial charge is 0.497 e. The second-order valence-corrected chi connectivity index (χ2v) is 7.04. The van der Waals surface area contributed by atoms with Gasteiger partial charge in [-0.2, -0.15) is 0 Å². The predicted molar refractivity (Wildman–Crippen MR) is 115 cm³/mol. The molecule has 7 heteroatoms. The molecule has 0 bridgehead atoms. The first kappa shape index (κ1) is 23.1. The molecule has 0 saturated carbocycles. The van der Waals surface area contributed by atoms with Crippen molar-refractivity contribution in [2.75, 3.05) is 27.4 Å². The van der Waals surface area contributed by atoms with E-state index < -0.39 is 0 Å². The quantitative estimate of drug-likeness (QED) is 0.646. The average Bonchev–Trinajstić information content (AvgIpc) is 2.75. The topological polar surface area (TPSA) is 77.1 Å². The zero-order valence-corrected chi connectivity index (χ0v) is 18.2. The maximum atomic E-state index is 13.0. The van der Waals surface area contributed by atoms with E-state index in [0.29, 0.717) is 30.2 Å². The van der Waals surface area contributed by atoms with E-state index in [1.165, 1.54) is 7.11 Å². The summed E-state index contributed by atoms with van der Waals surface area (Å²) < 4.78 is 16.1. The fourth-order valence-electron chi connectivity index (χ4n) is 2.89. The van der Waals surface area contributed by atoms with E-state index >= 15 is 0 Å². The van der Waals surface area contributed by atoms with Crippen LogP contribution in [-0.4, -0.2) is 50.1 Å². The third-order valence-electron chi connectivity index (χ3n) is 4.42. The van der Waals surface area contributed by atoms with E-state index in [9.17, 15) is 9.59 Å². The van der Waals surface area contributed by atoms with E-state index in [1.807, 2.05) is 45.0 Å². The highest BCUT2D eigenvalue weighted by Gasteiger charge is 2.18. The smallest absolute Gasteiger partial charge is 0.258 e. The zero-order chi connectivity index (χ0) is 22.1. The van der Waals surface area contributed by atoms with Crippen LogP contribution in [0.4, 0.5) is 0 Å². The van der Waals surface area contributed by atoms with E-state index in [2.05, 4.69) is 5.32 Å². The van der Waals surface area contributed by atoms with Crippen molar-refractivity contribution < 1.29 is 23.8 Å². The molecule has 1 N–H and O–H groups in total. The molecule has 0 atom stereocenters. The lowest BCUT2D eigenvalue weighted by Crippen LogP contribution is -2.34. The van der Waals surface area contributed by atoms with Gasteiger partial charge in [0.05, 0.1) is 14.2 Å². The number of methoxy groups -OCH3 is 2. The van der Waals surface area contributed by atoms with Gasteiger partial charge in [0.1, 0.15) is 5.75 Å². The Morgan fingerprint density at radius 2 is 1.70 bits per heavy atom. The molecule has 2 amide bonds. The molecule has 0 aliphatic rings. The zero-order valence-electron chi connectivity index (χ0n) is 18.2. The van der Waals surface area contributed by atoms with Gasteiger partial charge in [-0.25, -0.2) is 0 Å². The Hall–Kier alpha value is -3.22. The SMILES string of the molecule is CCN(Cc1ccc(OC)cc1)C(=O)c1ccc(OCC(=O)NC(C)C)c(OC)c1. The summed E-state index contributed by atoms with van der Waals surface area (Å²) in [4.78, 5) is 26.6. The van der Waals surface area contributed by atoms with Crippen LogP contribution < -0.4 is 19.5 Å². The minimum Gasteiger partial charge on any atom is -0.497 e. The van der Waals surface area contributed by atoms with Crippen LogP contribution in [0.15, 0.2) is 42.5 Å². The first-order chi connectivity index (χ1) is 14.4. The Balaban J connectivity index is 2.10. The van der Waals surface area contributed by atoms with Gasteiger partial charge in [-0.3, -0.25) is 9.59 Å². The van der Waals surface area contributed by atoms with Crippen LogP contribution in [0.1, 0.15) is 36.7 Å². The Kier molecular flexibility index (Phi) is 8.53. The van der Waals surface area contributed by atoms with Crippen molar-refractivity contribution >= 4 is 11.8 Å². The Morgan fingerprint density at radius 3 is 2.27 bits per heavy atom. The summed E-state index contributed by atoms with van der Waals surface area (Å²) in [5.74, 6) is 1.25. The van der Waals surface area contributed by atoms with Gasteiger partial charge in [-0.15, -0.1) is 0 Å². The van der Waals surface area contributed by atoms with Crippen LogP contribution in [0, 0.1) is 0 Å². The number of nitrogens with one attached hydrogen (secondary N) is 1. The van der Waals surface area contributed by atoms with Gasteiger partial charge >= 0.3 is 0 Å². The Labute approximate surface area is 177 Å². The summed E-state index contributed by atoms with van der Waals surface area (Å²) in [7, 11) is 3.12. The minimum absolute atomic E-state index is 0.0359. The summed E-state index contributed by atoms with van der Waals surface area (Å²) in [6, 6.07) is 12.6. The average molecular weight is 415 g/mol. The lowest BCUT2D eigenvalue weighted by atomic mass is 10.1. The number of rotatable bonds is 10. The van der Waals surface area contributed by atoms with Crippen LogP contribution in [0.5, 0.6) is 17.2 Å². The number of hydrogen-bond acceptors (Lipinski definition) is 5. The fraction of sp³-hybridized carbons (Fsp3) is 0.391. The van der Waals surface area contributed by atoms with Gasteiger partial charge in [-0.1, -0.05) is 12.1 Å². The van der Waals surface area contributed by atoms with Gasteiger partial charge in [0.15, 0.2) is 18.1 Å². The number of benzene rings is 2. The molecule has 2 aromatic rings. The van der Waals surface area contributed by atoms with E-state index in [4.69, 9.17) is 14.2 Å². The molecule has 0 aromatic heterocycles. The molecule has 0 fully saturated rings. The van der Waals surface area contributed by atoms with E-state index in [-0.39, 0.29) is 24.5 Å². The number of amides is 2. The predicted octanol–water partition coefficient (Wildman–Crippen LogP) is 3.27. The first-order valence-electron chi connectivity index (χ1n) is 9.90. The van der Waals surface area contributed by atoms with Crippen LogP contribution in [0.25, 0.3) is 0 Å². The van der Waals surface area contributed by atoms with Crippen LogP contribution in [0.3, 0.4) is 0 Å². The number of nitrogens with zero attached hydrogens (tertiary/aromatic N) is 1. The molecule has 0 spiro atoms. The van der Waals surface area contributed by atoms with E-state index in [1.54, 1.807) is 30.2 Å². The number of carbonyl (C=O) groups is 2. The lowest BCUT2D eigenvalue weighted by Gasteiger charge is -2.22. The van der Waals surface area contributed by atoms with Crippen molar-refractivity contribution in [3.05, 3.63) is 53.6 Å². The van der Waals surface area contributed by atoms with Crippen LogP contribution in [-0.2, 0) is 11.3 Å². The molecule has 0 aliphatic carbocycles. The van der Waals surface area contributed by atoms with Gasteiger partial charge in [0, 0.05) is 24.7 Å². The number of carbonyl (C=O) groups excluding carboxylic acids is 2. The van der Waals surface area contributed by atoms with Crippen LogP contribution in [0.2, 0.25) is 0 Å². The summed E-state index contributed by atoms with van der Waals surface area (Å²) in [6.45, 7) is 6.61. The summed E-state index contributed by atoms with van der Waals surface area (Å²) in [5, 5.41) is 2.76. The normalized spacial score (nSPS) is 10.5. The fourth-order valence-corrected chi connectivity index (χ4v) is 2.89. The summed E-state index contributed by atoms with van der Waals surface area (Å²) in [5.41, 5.74) is 1.50. The Morgan fingerprint density at radius 1 is 1.00 bits per heavy atom. The van der Waals surface area contributed by atoms with Gasteiger partial charge in [-0.05, 0) is 56.7 Å². The van der Waals surface area contributed by atoms with Gasteiger partial charge in [0.2, 0.25) is 0 Å². The number of ether oxygens (including phenoxy) is 3. The highest BCUT2D eigenvalue weighted by Crippen LogP contribution is 2.29. The molecule has 0 unspecified atom stereocenters. The third-order valence-corrected chi connectivity index (χ3v) is 4.42. The Bertz CT molecular complexity index is 849. The summed E-state index contributed by atoms with van der Waals surface area (Å²) >= 11 is 0. The molecule has 2 aromatic carbocycles. The molecule has 30 heavy (non-hydrogen) atoms. The lowest BCUT2D eigenvalue weighted by molar-refractivity contribution is -0.123. The molecule has 0 aliphatic heterocycles. The van der Waals surface area contributed by atoms with Gasteiger partial charge in [0.25, 0.3) is 11.8 Å². The standard InChI is InChI=1S/C23H30N2O5/c1-6-25(14-17-7-10-19(28-4)11-8-17)23(27)18-9-12-20(21(13-18)29-5)30-15-22(26)24-16(2)3/h7-13,16H,6,14-15H2,1-5H3,(H,24,26). The first-order valence-corrected chi connectivity index (χ1v) is 9.90. The van der Waals surface area contributed by atoms with Crippen molar-refractivity contribution in [2.45, 2.75) is 33.4 Å². The van der Waals surface area contributed by atoms with Crippen molar-refractivity contribution in [3.63, 3.8) is 0 Å². The molecule has 2 rings (SSSR count). The van der Waals surface area contributed by atoms with Crippen molar-refractivity contribution in [2.24, 2.45) is 0 Å². The molecule has 0 saturated heterocycles. The molecule has 7 nitrogen and oxygen atoms in total. The van der Waals surface area contributed by atoms with Crippen molar-refractivity contribution in [3.8, 4) is 17.2 Å². The second-order valence-electron chi connectivity index (χ2n) is 7.04. The minimum atomic E-state index is -0.219. The van der Waals surface area contributed by atoms with Crippen LogP contribution >= 0.6 is 0 Å². The molecule has 162 valence electrons.